The normalized spacial score (nSPS) is 10.7. The fourth-order valence-corrected chi connectivity index (χ4v) is 1.64. The summed E-state index contributed by atoms with van der Waals surface area (Å²) >= 11 is 0. The van der Waals surface area contributed by atoms with Crippen molar-refractivity contribution in [1.82, 2.24) is 0 Å². The van der Waals surface area contributed by atoms with Crippen LogP contribution in [0.5, 0.6) is 5.75 Å². The first-order valence-electron chi connectivity index (χ1n) is 6.02. The molecule has 2 aromatic rings. The van der Waals surface area contributed by atoms with Crippen molar-refractivity contribution in [3.63, 3.8) is 0 Å². The molecule has 0 spiro atoms. The molecule has 0 radical (unpaired) electrons. The van der Waals surface area contributed by atoms with E-state index in [4.69, 9.17) is 9.84 Å². The van der Waals surface area contributed by atoms with Crippen LogP contribution in [0.4, 0.5) is 4.39 Å². The number of halogens is 1. The van der Waals surface area contributed by atoms with Gasteiger partial charge in [0.2, 0.25) is 0 Å². The van der Waals surface area contributed by atoms with Gasteiger partial charge in [-0.2, -0.15) is 0 Å². The minimum absolute atomic E-state index is 0.280. The van der Waals surface area contributed by atoms with Crippen LogP contribution >= 0.6 is 0 Å². The zero-order chi connectivity index (χ0) is 14.4. The van der Waals surface area contributed by atoms with Crippen molar-refractivity contribution in [3.8, 4) is 5.75 Å². The Hall–Kier alpha value is -2.62. The van der Waals surface area contributed by atoms with Gasteiger partial charge >= 0.3 is 5.97 Å². The molecule has 0 aliphatic heterocycles. The molecule has 3 nitrogen and oxygen atoms in total. The maximum absolute atomic E-state index is 13.0. The molecular formula is C16H13FO3. The van der Waals surface area contributed by atoms with Gasteiger partial charge in [0, 0.05) is 6.08 Å². The van der Waals surface area contributed by atoms with E-state index in [1.807, 2.05) is 0 Å². The molecule has 2 rings (SSSR count). The van der Waals surface area contributed by atoms with Crippen LogP contribution in [0.1, 0.15) is 11.1 Å². The molecule has 0 saturated heterocycles. The predicted molar refractivity (Wildman–Crippen MR) is 73.8 cm³/mol. The first-order valence-corrected chi connectivity index (χ1v) is 6.02. The average molecular weight is 272 g/mol. The Morgan fingerprint density at radius 1 is 1.20 bits per heavy atom. The molecule has 102 valence electrons. The van der Waals surface area contributed by atoms with E-state index >= 15 is 0 Å². The highest BCUT2D eigenvalue weighted by Crippen LogP contribution is 2.15. The summed E-state index contributed by atoms with van der Waals surface area (Å²) in [6, 6.07) is 13.2. The Kier molecular flexibility index (Phi) is 4.50. The summed E-state index contributed by atoms with van der Waals surface area (Å²) in [6.07, 6.45) is 2.57. The SMILES string of the molecule is O=C(O)/C=C/c1ccc(OCc2cccc(F)c2)cc1. The maximum atomic E-state index is 13.0. The van der Waals surface area contributed by atoms with Crippen LogP contribution in [0.2, 0.25) is 0 Å². The van der Waals surface area contributed by atoms with Gasteiger partial charge in [-0.05, 0) is 41.5 Å². The van der Waals surface area contributed by atoms with Gasteiger partial charge in [0.1, 0.15) is 18.2 Å². The van der Waals surface area contributed by atoms with Crippen LogP contribution in [0.25, 0.3) is 6.08 Å². The van der Waals surface area contributed by atoms with Gasteiger partial charge in [-0.25, -0.2) is 9.18 Å². The van der Waals surface area contributed by atoms with Crippen molar-refractivity contribution in [3.05, 3.63) is 71.6 Å². The van der Waals surface area contributed by atoms with E-state index in [1.165, 1.54) is 18.2 Å². The monoisotopic (exact) mass is 272 g/mol. The van der Waals surface area contributed by atoms with E-state index in [1.54, 1.807) is 36.4 Å². The number of carboxylic acids is 1. The van der Waals surface area contributed by atoms with E-state index in [9.17, 15) is 9.18 Å². The molecule has 0 aromatic heterocycles. The summed E-state index contributed by atoms with van der Waals surface area (Å²) in [5, 5.41) is 8.52. The molecule has 0 heterocycles. The van der Waals surface area contributed by atoms with Gasteiger partial charge in [-0.15, -0.1) is 0 Å². The molecule has 4 heteroatoms. The maximum Gasteiger partial charge on any atom is 0.328 e. The summed E-state index contributed by atoms with van der Waals surface area (Å²) in [5.74, 6) is -0.640. The van der Waals surface area contributed by atoms with E-state index in [0.717, 1.165) is 17.2 Å². The fourth-order valence-electron chi connectivity index (χ4n) is 1.64. The van der Waals surface area contributed by atoms with E-state index in [-0.39, 0.29) is 12.4 Å². The van der Waals surface area contributed by atoms with Crippen molar-refractivity contribution in [2.75, 3.05) is 0 Å². The Balaban J connectivity index is 1.95. The molecular weight excluding hydrogens is 259 g/mol. The van der Waals surface area contributed by atoms with Crippen LogP contribution in [0, 0.1) is 5.82 Å². The molecule has 2 aromatic carbocycles. The number of benzene rings is 2. The van der Waals surface area contributed by atoms with Gasteiger partial charge in [-0.1, -0.05) is 24.3 Å². The van der Waals surface area contributed by atoms with E-state index in [2.05, 4.69) is 0 Å². The minimum atomic E-state index is -0.989. The van der Waals surface area contributed by atoms with Crippen molar-refractivity contribution in [2.45, 2.75) is 6.61 Å². The Morgan fingerprint density at radius 2 is 1.95 bits per heavy atom. The molecule has 0 bridgehead atoms. The molecule has 1 N–H and O–H groups in total. The van der Waals surface area contributed by atoms with Gasteiger partial charge in [-0.3, -0.25) is 0 Å². The third kappa shape index (κ3) is 4.24. The average Bonchev–Trinajstić information content (AvgIpc) is 2.44. The number of ether oxygens (including phenoxy) is 1. The molecule has 0 saturated carbocycles. The number of carboxylic acid groups (broad SMARTS) is 1. The van der Waals surface area contributed by atoms with Gasteiger partial charge in [0.15, 0.2) is 0 Å². The van der Waals surface area contributed by atoms with Gasteiger partial charge in [0.25, 0.3) is 0 Å². The molecule has 20 heavy (non-hydrogen) atoms. The van der Waals surface area contributed by atoms with Crippen LogP contribution < -0.4 is 4.74 Å². The van der Waals surface area contributed by atoms with Gasteiger partial charge in [0.05, 0.1) is 0 Å². The van der Waals surface area contributed by atoms with Crippen molar-refractivity contribution in [1.29, 1.82) is 0 Å². The lowest BCUT2D eigenvalue weighted by Gasteiger charge is -2.06. The topological polar surface area (TPSA) is 46.5 Å². The Bertz CT molecular complexity index is 618. The second-order valence-corrected chi connectivity index (χ2v) is 4.16. The summed E-state index contributed by atoms with van der Waals surface area (Å²) in [5.41, 5.74) is 1.52. The Labute approximate surface area is 115 Å². The van der Waals surface area contributed by atoms with Gasteiger partial charge < -0.3 is 9.84 Å². The van der Waals surface area contributed by atoms with Crippen LogP contribution in [0.15, 0.2) is 54.6 Å². The van der Waals surface area contributed by atoms with Crippen LogP contribution in [-0.2, 0) is 11.4 Å². The summed E-state index contributed by atoms with van der Waals surface area (Å²) in [7, 11) is 0. The smallest absolute Gasteiger partial charge is 0.328 e. The number of hydrogen-bond donors (Lipinski definition) is 1. The standard InChI is InChI=1S/C16H13FO3/c17-14-3-1-2-13(10-14)11-20-15-7-4-12(5-8-15)6-9-16(18)19/h1-10H,11H2,(H,18,19)/b9-6+. The predicted octanol–water partition coefficient (Wildman–Crippen LogP) is 3.50. The lowest BCUT2D eigenvalue weighted by atomic mass is 10.2. The summed E-state index contributed by atoms with van der Waals surface area (Å²) in [4.78, 5) is 10.4. The molecule has 0 unspecified atom stereocenters. The second kappa shape index (κ2) is 6.52. The highest BCUT2D eigenvalue weighted by atomic mass is 19.1. The zero-order valence-electron chi connectivity index (χ0n) is 10.6. The minimum Gasteiger partial charge on any atom is -0.489 e. The second-order valence-electron chi connectivity index (χ2n) is 4.16. The third-order valence-corrected chi connectivity index (χ3v) is 2.59. The summed E-state index contributed by atoms with van der Waals surface area (Å²) < 4.78 is 18.5. The molecule has 0 aliphatic rings. The highest BCUT2D eigenvalue weighted by Gasteiger charge is 1.98. The number of aliphatic carboxylic acids is 1. The lowest BCUT2D eigenvalue weighted by Crippen LogP contribution is -1.95. The largest absolute Gasteiger partial charge is 0.489 e. The molecule has 0 amide bonds. The van der Waals surface area contributed by atoms with E-state index in [0.29, 0.717) is 5.75 Å². The number of rotatable bonds is 5. The first-order chi connectivity index (χ1) is 9.63. The van der Waals surface area contributed by atoms with Crippen molar-refractivity contribution >= 4 is 12.0 Å². The number of hydrogen-bond acceptors (Lipinski definition) is 2. The zero-order valence-corrected chi connectivity index (χ0v) is 10.6. The van der Waals surface area contributed by atoms with E-state index < -0.39 is 5.97 Å². The molecule has 0 atom stereocenters. The van der Waals surface area contributed by atoms with Crippen LogP contribution in [0.3, 0.4) is 0 Å². The lowest BCUT2D eigenvalue weighted by molar-refractivity contribution is -0.131. The quantitative estimate of drug-likeness (QED) is 0.847. The highest BCUT2D eigenvalue weighted by molar-refractivity contribution is 5.85. The summed E-state index contributed by atoms with van der Waals surface area (Å²) in [6.45, 7) is 0.280. The third-order valence-electron chi connectivity index (χ3n) is 2.59. The molecule has 0 aliphatic carbocycles. The molecule has 0 fully saturated rings. The Morgan fingerprint density at radius 3 is 2.60 bits per heavy atom. The first kappa shape index (κ1) is 13.8. The van der Waals surface area contributed by atoms with Crippen molar-refractivity contribution in [2.24, 2.45) is 0 Å². The van der Waals surface area contributed by atoms with Crippen molar-refractivity contribution < 1.29 is 19.0 Å². The number of carbonyl (C=O) groups is 1. The fraction of sp³-hybridized carbons (Fsp3) is 0.0625. The van der Waals surface area contributed by atoms with Crippen LogP contribution in [-0.4, -0.2) is 11.1 Å².